The molecule has 0 saturated carbocycles. The molecule has 0 aliphatic carbocycles. The van der Waals surface area contributed by atoms with Crippen molar-refractivity contribution in [1.82, 2.24) is 15.6 Å². The molecule has 1 aromatic rings. The summed E-state index contributed by atoms with van der Waals surface area (Å²) in [6.07, 6.45) is 0.467. The lowest BCUT2D eigenvalue weighted by molar-refractivity contribution is -0.121. The van der Waals surface area contributed by atoms with Crippen LogP contribution in [0.5, 0.6) is 0 Å². The smallest absolute Gasteiger partial charge is 0.221 e. The fourth-order valence-electron chi connectivity index (χ4n) is 1.12. The van der Waals surface area contributed by atoms with Gasteiger partial charge in [-0.15, -0.1) is 0 Å². The summed E-state index contributed by atoms with van der Waals surface area (Å²) >= 11 is 0. The SMILES string of the molecule is CNCCC(=O)NCc1nc(C)c(C)o1. The lowest BCUT2D eigenvalue weighted by Crippen LogP contribution is -2.26. The molecule has 2 N–H and O–H groups in total. The lowest BCUT2D eigenvalue weighted by atomic mass is 10.4. The normalized spacial score (nSPS) is 10.3. The Bertz CT molecular complexity index is 314. The summed E-state index contributed by atoms with van der Waals surface area (Å²) in [6, 6.07) is 0. The number of rotatable bonds is 5. The summed E-state index contributed by atoms with van der Waals surface area (Å²) in [5.74, 6) is 1.36. The predicted octanol–water partition coefficient (Wildman–Crippen LogP) is 0.517. The average molecular weight is 211 g/mol. The second kappa shape index (κ2) is 5.50. The van der Waals surface area contributed by atoms with Gasteiger partial charge in [-0.25, -0.2) is 4.98 Å². The van der Waals surface area contributed by atoms with E-state index in [0.29, 0.717) is 25.4 Å². The standard InChI is InChI=1S/C10H17N3O2/c1-7-8(2)15-10(13-7)6-12-9(14)4-5-11-3/h11H,4-6H2,1-3H3,(H,12,14). The fourth-order valence-corrected chi connectivity index (χ4v) is 1.12. The van der Waals surface area contributed by atoms with Crippen LogP contribution in [0.4, 0.5) is 0 Å². The molecule has 5 nitrogen and oxygen atoms in total. The van der Waals surface area contributed by atoms with Gasteiger partial charge in [0.15, 0.2) is 0 Å². The van der Waals surface area contributed by atoms with Gasteiger partial charge in [0.1, 0.15) is 5.76 Å². The number of oxazole rings is 1. The molecule has 0 saturated heterocycles. The molecule has 0 fully saturated rings. The summed E-state index contributed by atoms with van der Waals surface area (Å²) < 4.78 is 5.33. The topological polar surface area (TPSA) is 67.2 Å². The minimum atomic E-state index is -0.00199. The highest BCUT2D eigenvalue weighted by molar-refractivity contribution is 5.75. The maximum atomic E-state index is 11.2. The average Bonchev–Trinajstić information content (AvgIpc) is 2.52. The van der Waals surface area contributed by atoms with Gasteiger partial charge < -0.3 is 15.1 Å². The van der Waals surface area contributed by atoms with Crippen LogP contribution >= 0.6 is 0 Å². The number of aromatic nitrogens is 1. The van der Waals surface area contributed by atoms with E-state index in [4.69, 9.17) is 4.42 Å². The first-order chi connectivity index (χ1) is 7.13. The Hall–Kier alpha value is -1.36. The number of amides is 1. The first-order valence-corrected chi connectivity index (χ1v) is 4.97. The van der Waals surface area contributed by atoms with Gasteiger partial charge in [-0.3, -0.25) is 4.79 Å². The van der Waals surface area contributed by atoms with E-state index in [-0.39, 0.29) is 5.91 Å². The number of nitrogens with zero attached hydrogens (tertiary/aromatic N) is 1. The third-order valence-electron chi connectivity index (χ3n) is 2.11. The van der Waals surface area contributed by atoms with Crippen molar-refractivity contribution >= 4 is 5.91 Å². The van der Waals surface area contributed by atoms with Crippen molar-refractivity contribution in [3.8, 4) is 0 Å². The number of aryl methyl sites for hydroxylation is 2. The highest BCUT2D eigenvalue weighted by Gasteiger charge is 2.06. The number of hydrogen-bond acceptors (Lipinski definition) is 4. The monoisotopic (exact) mass is 211 g/mol. The zero-order valence-electron chi connectivity index (χ0n) is 9.39. The van der Waals surface area contributed by atoms with Crippen LogP contribution in [-0.4, -0.2) is 24.5 Å². The number of hydrogen-bond donors (Lipinski definition) is 2. The van der Waals surface area contributed by atoms with Gasteiger partial charge in [-0.1, -0.05) is 0 Å². The second-order valence-electron chi connectivity index (χ2n) is 3.38. The van der Waals surface area contributed by atoms with Gasteiger partial charge in [-0.2, -0.15) is 0 Å². The van der Waals surface area contributed by atoms with Crippen molar-refractivity contribution in [3.63, 3.8) is 0 Å². The van der Waals surface area contributed by atoms with Crippen LogP contribution in [0.1, 0.15) is 23.8 Å². The molecule has 15 heavy (non-hydrogen) atoms. The van der Waals surface area contributed by atoms with Gasteiger partial charge in [0.25, 0.3) is 0 Å². The van der Waals surface area contributed by atoms with Crippen LogP contribution < -0.4 is 10.6 Å². The Morgan fingerprint density at radius 2 is 2.20 bits per heavy atom. The number of nitrogens with one attached hydrogen (secondary N) is 2. The van der Waals surface area contributed by atoms with Crippen LogP contribution in [0.2, 0.25) is 0 Å². The Morgan fingerprint density at radius 3 is 2.73 bits per heavy atom. The van der Waals surface area contributed by atoms with Crippen molar-refractivity contribution in [3.05, 3.63) is 17.3 Å². The van der Waals surface area contributed by atoms with E-state index < -0.39 is 0 Å². The maximum Gasteiger partial charge on any atom is 0.221 e. The molecule has 0 bridgehead atoms. The van der Waals surface area contributed by atoms with Crippen LogP contribution in [0, 0.1) is 13.8 Å². The first kappa shape index (κ1) is 11.7. The van der Waals surface area contributed by atoms with Crippen LogP contribution in [0.3, 0.4) is 0 Å². The van der Waals surface area contributed by atoms with E-state index in [2.05, 4.69) is 15.6 Å². The highest BCUT2D eigenvalue weighted by Crippen LogP contribution is 2.07. The zero-order valence-corrected chi connectivity index (χ0v) is 9.39. The molecule has 1 heterocycles. The molecule has 0 aliphatic rings. The molecule has 0 unspecified atom stereocenters. The summed E-state index contributed by atoms with van der Waals surface area (Å²) in [6.45, 7) is 4.77. The van der Waals surface area contributed by atoms with E-state index in [1.54, 1.807) is 0 Å². The number of carbonyl (C=O) groups excluding carboxylic acids is 1. The molecule has 0 atom stereocenters. The zero-order chi connectivity index (χ0) is 11.3. The Balaban J connectivity index is 2.33. The van der Waals surface area contributed by atoms with Crippen molar-refractivity contribution in [2.75, 3.05) is 13.6 Å². The highest BCUT2D eigenvalue weighted by atomic mass is 16.4. The molecular formula is C10H17N3O2. The van der Waals surface area contributed by atoms with Crippen LogP contribution in [0.15, 0.2) is 4.42 Å². The van der Waals surface area contributed by atoms with Crippen molar-refractivity contribution in [1.29, 1.82) is 0 Å². The molecule has 0 spiro atoms. The predicted molar refractivity (Wildman–Crippen MR) is 56.4 cm³/mol. The van der Waals surface area contributed by atoms with Crippen LogP contribution in [-0.2, 0) is 11.3 Å². The van der Waals surface area contributed by atoms with E-state index in [0.717, 1.165) is 11.5 Å². The quantitative estimate of drug-likeness (QED) is 0.745. The Labute approximate surface area is 89.3 Å². The molecule has 84 valence electrons. The summed E-state index contributed by atoms with van der Waals surface area (Å²) in [7, 11) is 1.81. The maximum absolute atomic E-state index is 11.2. The molecule has 1 rings (SSSR count). The molecular weight excluding hydrogens is 194 g/mol. The van der Waals surface area contributed by atoms with E-state index in [1.165, 1.54) is 0 Å². The fraction of sp³-hybridized carbons (Fsp3) is 0.600. The molecule has 0 radical (unpaired) electrons. The van der Waals surface area contributed by atoms with Gasteiger partial charge in [-0.05, 0) is 20.9 Å². The second-order valence-corrected chi connectivity index (χ2v) is 3.38. The third-order valence-corrected chi connectivity index (χ3v) is 2.11. The number of carbonyl (C=O) groups is 1. The third kappa shape index (κ3) is 3.71. The molecule has 5 heteroatoms. The molecule has 0 aliphatic heterocycles. The van der Waals surface area contributed by atoms with Crippen LogP contribution in [0.25, 0.3) is 0 Å². The van der Waals surface area contributed by atoms with E-state index >= 15 is 0 Å². The van der Waals surface area contributed by atoms with Crippen molar-refractivity contribution < 1.29 is 9.21 Å². The molecule has 1 amide bonds. The Kier molecular flexibility index (Phi) is 4.30. The largest absolute Gasteiger partial charge is 0.444 e. The Morgan fingerprint density at radius 1 is 1.47 bits per heavy atom. The minimum absolute atomic E-state index is 0.00199. The van der Waals surface area contributed by atoms with E-state index in [9.17, 15) is 4.79 Å². The lowest BCUT2D eigenvalue weighted by Gasteiger charge is -2.01. The van der Waals surface area contributed by atoms with E-state index in [1.807, 2.05) is 20.9 Å². The summed E-state index contributed by atoms with van der Waals surface area (Å²) in [5.41, 5.74) is 0.870. The van der Waals surface area contributed by atoms with Gasteiger partial charge in [0.2, 0.25) is 11.8 Å². The summed E-state index contributed by atoms with van der Waals surface area (Å²) in [5, 5.41) is 5.65. The summed E-state index contributed by atoms with van der Waals surface area (Å²) in [4.78, 5) is 15.4. The molecule has 0 aromatic carbocycles. The van der Waals surface area contributed by atoms with Gasteiger partial charge in [0.05, 0.1) is 12.2 Å². The minimum Gasteiger partial charge on any atom is -0.444 e. The van der Waals surface area contributed by atoms with Gasteiger partial charge in [0, 0.05) is 13.0 Å². The molecule has 1 aromatic heterocycles. The van der Waals surface area contributed by atoms with Crippen molar-refractivity contribution in [2.24, 2.45) is 0 Å². The van der Waals surface area contributed by atoms with Crippen molar-refractivity contribution in [2.45, 2.75) is 26.8 Å². The van der Waals surface area contributed by atoms with Gasteiger partial charge >= 0.3 is 0 Å². The first-order valence-electron chi connectivity index (χ1n) is 4.97.